The number of benzene rings is 1. The highest BCUT2D eigenvalue weighted by atomic mass is 19.1. The Bertz CT molecular complexity index is 406. The second-order valence-electron chi connectivity index (χ2n) is 3.92. The summed E-state index contributed by atoms with van der Waals surface area (Å²) in [5.74, 6) is -0.235. The third-order valence-corrected chi connectivity index (χ3v) is 2.86. The van der Waals surface area contributed by atoms with Crippen LogP contribution in [-0.2, 0) is 4.79 Å². The molecule has 0 bridgehead atoms. The molecule has 1 aliphatic rings. The van der Waals surface area contributed by atoms with Crippen molar-refractivity contribution in [2.45, 2.75) is 19.3 Å². The van der Waals surface area contributed by atoms with Crippen molar-refractivity contribution in [3.8, 4) is 0 Å². The lowest BCUT2D eigenvalue weighted by molar-refractivity contribution is -0.119. The summed E-state index contributed by atoms with van der Waals surface area (Å²) in [6.07, 6.45) is 2.49. The average Bonchev–Trinajstić information content (AvgIpc) is 2.29. The van der Waals surface area contributed by atoms with Gasteiger partial charge in [-0.05, 0) is 31.0 Å². The number of anilines is 2. The van der Waals surface area contributed by atoms with Gasteiger partial charge in [-0.2, -0.15) is 0 Å². The SMILES string of the molecule is CNc1ccc(N2CCCCC2=O)cc1F. The van der Waals surface area contributed by atoms with Crippen LogP contribution in [0.2, 0.25) is 0 Å². The molecule has 4 heteroatoms. The molecular weight excluding hydrogens is 207 g/mol. The molecule has 0 saturated carbocycles. The highest BCUT2D eigenvalue weighted by molar-refractivity contribution is 5.94. The number of hydrogen-bond donors (Lipinski definition) is 1. The topological polar surface area (TPSA) is 32.3 Å². The summed E-state index contributed by atoms with van der Waals surface area (Å²) < 4.78 is 13.5. The van der Waals surface area contributed by atoms with Gasteiger partial charge in [0, 0.05) is 25.7 Å². The first-order valence-electron chi connectivity index (χ1n) is 5.50. The van der Waals surface area contributed by atoms with E-state index in [1.165, 1.54) is 6.07 Å². The van der Waals surface area contributed by atoms with Crippen LogP contribution in [0.5, 0.6) is 0 Å². The molecule has 0 aliphatic carbocycles. The van der Waals surface area contributed by atoms with Gasteiger partial charge in [-0.3, -0.25) is 4.79 Å². The highest BCUT2D eigenvalue weighted by Gasteiger charge is 2.20. The predicted octanol–water partition coefficient (Wildman–Crippen LogP) is 2.38. The van der Waals surface area contributed by atoms with Gasteiger partial charge in [-0.25, -0.2) is 4.39 Å². The van der Waals surface area contributed by atoms with Crippen molar-refractivity contribution in [1.82, 2.24) is 0 Å². The maximum Gasteiger partial charge on any atom is 0.226 e. The van der Waals surface area contributed by atoms with Crippen molar-refractivity contribution in [3.05, 3.63) is 24.0 Å². The molecule has 1 aliphatic heterocycles. The summed E-state index contributed by atoms with van der Waals surface area (Å²) in [5.41, 5.74) is 1.11. The Labute approximate surface area is 94.3 Å². The van der Waals surface area contributed by atoms with Crippen molar-refractivity contribution in [2.75, 3.05) is 23.8 Å². The Balaban J connectivity index is 2.26. The van der Waals surface area contributed by atoms with E-state index >= 15 is 0 Å². The molecule has 1 fully saturated rings. The smallest absolute Gasteiger partial charge is 0.226 e. The van der Waals surface area contributed by atoms with Gasteiger partial charge >= 0.3 is 0 Å². The van der Waals surface area contributed by atoms with Crippen LogP contribution < -0.4 is 10.2 Å². The predicted molar refractivity (Wildman–Crippen MR) is 62.2 cm³/mol. The molecule has 0 atom stereocenters. The first-order valence-corrected chi connectivity index (χ1v) is 5.50. The minimum atomic E-state index is -0.321. The summed E-state index contributed by atoms with van der Waals surface area (Å²) in [6.45, 7) is 0.692. The fraction of sp³-hybridized carbons (Fsp3) is 0.417. The first kappa shape index (κ1) is 10.9. The molecule has 0 unspecified atom stereocenters. The molecule has 0 spiro atoms. The molecule has 1 aromatic carbocycles. The van der Waals surface area contributed by atoms with E-state index in [1.807, 2.05) is 0 Å². The van der Waals surface area contributed by atoms with E-state index in [2.05, 4.69) is 5.32 Å². The van der Waals surface area contributed by atoms with Gasteiger partial charge in [0.2, 0.25) is 5.91 Å². The van der Waals surface area contributed by atoms with Crippen LogP contribution in [0, 0.1) is 5.82 Å². The Kier molecular flexibility index (Phi) is 3.08. The first-order chi connectivity index (χ1) is 7.72. The molecule has 1 N–H and O–H groups in total. The summed E-state index contributed by atoms with van der Waals surface area (Å²) in [4.78, 5) is 13.3. The van der Waals surface area contributed by atoms with Crippen LogP contribution in [0.25, 0.3) is 0 Å². The standard InChI is InChI=1S/C12H15FN2O/c1-14-11-6-5-9(8-10(11)13)15-7-3-2-4-12(15)16/h5-6,8,14H,2-4,7H2,1H3. The van der Waals surface area contributed by atoms with Crippen LogP contribution in [0.1, 0.15) is 19.3 Å². The van der Waals surface area contributed by atoms with Crippen LogP contribution in [0.4, 0.5) is 15.8 Å². The molecule has 1 saturated heterocycles. The van der Waals surface area contributed by atoms with Crippen LogP contribution in [0.15, 0.2) is 18.2 Å². The Morgan fingerprint density at radius 1 is 1.38 bits per heavy atom. The number of nitrogens with one attached hydrogen (secondary N) is 1. The number of halogens is 1. The lowest BCUT2D eigenvalue weighted by atomic mass is 10.1. The van der Waals surface area contributed by atoms with E-state index in [9.17, 15) is 9.18 Å². The molecular formula is C12H15FN2O. The summed E-state index contributed by atoms with van der Waals surface area (Å²) in [6, 6.07) is 4.85. The average molecular weight is 222 g/mol. The lowest BCUT2D eigenvalue weighted by Crippen LogP contribution is -2.35. The minimum absolute atomic E-state index is 0.0860. The molecule has 86 valence electrons. The Hall–Kier alpha value is -1.58. The largest absolute Gasteiger partial charge is 0.386 e. The van der Waals surface area contributed by atoms with Gasteiger partial charge in [-0.15, -0.1) is 0 Å². The molecule has 1 aromatic rings. The van der Waals surface area contributed by atoms with Gasteiger partial charge in [0.25, 0.3) is 0 Å². The number of amides is 1. The Morgan fingerprint density at radius 3 is 2.81 bits per heavy atom. The highest BCUT2D eigenvalue weighted by Crippen LogP contribution is 2.24. The zero-order valence-corrected chi connectivity index (χ0v) is 9.29. The van der Waals surface area contributed by atoms with E-state index in [4.69, 9.17) is 0 Å². The van der Waals surface area contributed by atoms with E-state index in [0.717, 1.165) is 12.8 Å². The van der Waals surface area contributed by atoms with Crippen molar-refractivity contribution < 1.29 is 9.18 Å². The van der Waals surface area contributed by atoms with Crippen LogP contribution >= 0.6 is 0 Å². The number of hydrogen-bond acceptors (Lipinski definition) is 2. The normalized spacial score (nSPS) is 16.4. The number of nitrogens with zero attached hydrogens (tertiary/aromatic N) is 1. The van der Waals surface area contributed by atoms with Gasteiger partial charge in [0.05, 0.1) is 5.69 Å². The van der Waals surface area contributed by atoms with Crippen molar-refractivity contribution in [1.29, 1.82) is 0 Å². The van der Waals surface area contributed by atoms with E-state index < -0.39 is 0 Å². The third kappa shape index (κ3) is 2.01. The quantitative estimate of drug-likeness (QED) is 0.833. The van der Waals surface area contributed by atoms with E-state index in [0.29, 0.717) is 24.3 Å². The maximum absolute atomic E-state index is 13.5. The monoisotopic (exact) mass is 222 g/mol. The summed E-state index contributed by atoms with van der Waals surface area (Å²) in [7, 11) is 1.67. The van der Waals surface area contributed by atoms with Gasteiger partial charge in [-0.1, -0.05) is 0 Å². The Morgan fingerprint density at radius 2 is 2.19 bits per heavy atom. The zero-order chi connectivity index (χ0) is 11.5. The third-order valence-electron chi connectivity index (χ3n) is 2.86. The fourth-order valence-corrected chi connectivity index (χ4v) is 1.95. The molecule has 2 rings (SSSR count). The molecule has 1 amide bonds. The molecule has 3 nitrogen and oxygen atoms in total. The van der Waals surface area contributed by atoms with E-state index in [1.54, 1.807) is 24.1 Å². The van der Waals surface area contributed by atoms with Gasteiger partial charge < -0.3 is 10.2 Å². The zero-order valence-electron chi connectivity index (χ0n) is 9.29. The molecule has 0 radical (unpaired) electrons. The van der Waals surface area contributed by atoms with Gasteiger partial charge in [0.15, 0.2) is 0 Å². The number of carbonyl (C=O) groups excluding carboxylic acids is 1. The maximum atomic E-state index is 13.5. The number of rotatable bonds is 2. The van der Waals surface area contributed by atoms with Crippen molar-refractivity contribution >= 4 is 17.3 Å². The molecule has 0 aromatic heterocycles. The lowest BCUT2D eigenvalue weighted by Gasteiger charge is -2.27. The second-order valence-corrected chi connectivity index (χ2v) is 3.92. The number of piperidine rings is 1. The fourth-order valence-electron chi connectivity index (χ4n) is 1.95. The molecule has 16 heavy (non-hydrogen) atoms. The summed E-state index contributed by atoms with van der Waals surface area (Å²) >= 11 is 0. The van der Waals surface area contributed by atoms with Crippen LogP contribution in [0.3, 0.4) is 0 Å². The van der Waals surface area contributed by atoms with Gasteiger partial charge in [0.1, 0.15) is 5.82 Å². The van der Waals surface area contributed by atoms with Crippen molar-refractivity contribution in [3.63, 3.8) is 0 Å². The number of carbonyl (C=O) groups is 1. The van der Waals surface area contributed by atoms with Crippen LogP contribution in [-0.4, -0.2) is 19.5 Å². The minimum Gasteiger partial charge on any atom is -0.386 e. The van der Waals surface area contributed by atoms with Crippen molar-refractivity contribution in [2.24, 2.45) is 0 Å². The molecule has 1 heterocycles. The van der Waals surface area contributed by atoms with E-state index in [-0.39, 0.29) is 11.7 Å². The summed E-state index contributed by atoms with van der Waals surface area (Å²) in [5, 5.41) is 2.76. The second kappa shape index (κ2) is 4.51.